The number of nitro benzene ring substituents is 2. The maximum Gasteiger partial charge on any atom is 0.277 e. The predicted octanol–water partition coefficient (Wildman–Crippen LogP) is 2.06. The molecule has 100 valence electrons. The molecule has 0 saturated heterocycles. The van der Waals surface area contributed by atoms with Crippen LogP contribution in [0.3, 0.4) is 0 Å². The summed E-state index contributed by atoms with van der Waals surface area (Å²) < 4.78 is 5.33. The van der Waals surface area contributed by atoms with Gasteiger partial charge in [-0.15, -0.1) is 0 Å². The Morgan fingerprint density at radius 3 is 2.05 bits per heavy atom. The summed E-state index contributed by atoms with van der Waals surface area (Å²) in [5, 5.41) is 21.5. The van der Waals surface area contributed by atoms with Crippen LogP contribution < -0.4 is 0 Å². The average molecular weight is 265 g/mol. The lowest BCUT2D eigenvalue weighted by atomic mass is 10.1. The van der Waals surface area contributed by atoms with Gasteiger partial charge in [0.25, 0.3) is 11.4 Å². The van der Waals surface area contributed by atoms with Crippen molar-refractivity contribution in [1.82, 2.24) is 0 Å². The van der Waals surface area contributed by atoms with Crippen molar-refractivity contribution in [2.45, 2.75) is 19.4 Å². The Morgan fingerprint density at radius 1 is 1.16 bits per heavy atom. The molecule has 0 unspecified atom stereocenters. The molecule has 19 heavy (non-hydrogen) atoms. The Labute approximate surface area is 108 Å². The van der Waals surface area contributed by atoms with Gasteiger partial charge in [0.15, 0.2) is 0 Å². The van der Waals surface area contributed by atoms with Crippen LogP contribution in [0.1, 0.15) is 19.4 Å². The normalized spacial score (nSPS) is 16.6. The van der Waals surface area contributed by atoms with E-state index in [1.165, 1.54) is 12.1 Å². The number of ether oxygens (including phenoxy) is 1. The molecule has 0 spiro atoms. The molecular formula is C11H11N3O5. The number of nitrogens with zero attached hydrogens (tertiary/aromatic N) is 3. The van der Waals surface area contributed by atoms with Crippen LogP contribution in [0.15, 0.2) is 23.2 Å². The Kier molecular flexibility index (Phi) is 2.93. The molecule has 0 N–H and O–H groups in total. The van der Waals surface area contributed by atoms with Gasteiger partial charge in [-0.05, 0) is 13.8 Å². The van der Waals surface area contributed by atoms with E-state index in [9.17, 15) is 20.2 Å². The molecule has 0 amide bonds. The van der Waals surface area contributed by atoms with Crippen molar-refractivity contribution in [3.8, 4) is 0 Å². The molecule has 1 aromatic carbocycles. The molecule has 1 heterocycles. The standard InChI is InChI=1S/C11H11N3O5/c1-11(2)6-19-10(12-11)7-3-8(13(15)16)5-9(4-7)14(17)18/h3-5H,6H2,1-2H3. The number of benzene rings is 1. The fourth-order valence-corrected chi connectivity index (χ4v) is 1.66. The summed E-state index contributed by atoms with van der Waals surface area (Å²) in [6, 6.07) is 3.34. The van der Waals surface area contributed by atoms with E-state index in [2.05, 4.69) is 4.99 Å². The summed E-state index contributed by atoms with van der Waals surface area (Å²) in [5.74, 6) is 0.191. The monoisotopic (exact) mass is 265 g/mol. The van der Waals surface area contributed by atoms with Gasteiger partial charge in [0.1, 0.15) is 6.61 Å². The molecule has 1 aliphatic heterocycles. The third kappa shape index (κ3) is 2.67. The first kappa shape index (κ1) is 12.9. The summed E-state index contributed by atoms with van der Waals surface area (Å²) in [7, 11) is 0. The predicted molar refractivity (Wildman–Crippen MR) is 66.3 cm³/mol. The summed E-state index contributed by atoms with van der Waals surface area (Å²) in [4.78, 5) is 24.4. The van der Waals surface area contributed by atoms with Crippen LogP contribution in [0.2, 0.25) is 0 Å². The molecular weight excluding hydrogens is 254 g/mol. The lowest BCUT2D eigenvalue weighted by Gasteiger charge is -2.07. The first-order valence-corrected chi connectivity index (χ1v) is 5.45. The second kappa shape index (κ2) is 4.30. The number of aliphatic imine (C=N–C) groups is 1. The summed E-state index contributed by atoms with van der Waals surface area (Å²) in [6.45, 7) is 4.01. The van der Waals surface area contributed by atoms with Crippen molar-refractivity contribution in [2.75, 3.05) is 6.61 Å². The van der Waals surface area contributed by atoms with Gasteiger partial charge in [0.2, 0.25) is 5.90 Å². The summed E-state index contributed by atoms with van der Waals surface area (Å²) in [5.41, 5.74) is -0.916. The van der Waals surface area contributed by atoms with Gasteiger partial charge in [-0.25, -0.2) is 4.99 Å². The van der Waals surface area contributed by atoms with Gasteiger partial charge in [-0.2, -0.15) is 0 Å². The van der Waals surface area contributed by atoms with Crippen LogP contribution in [0, 0.1) is 20.2 Å². The SMILES string of the molecule is CC1(C)COC(c2cc([N+](=O)[O-])cc([N+](=O)[O-])c2)=N1. The van der Waals surface area contributed by atoms with E-state index < -0.39 is 15.4 Å². The minimum Gasteiger partial charge on any atom is -0.475 e. The topological polar surface area (TPSA) is 108 Å². The number of non-ortho nitro benzene ring substituents is 2. The Balaban J connectivity index is 2.52. The minimum absolute atomic E-state index is 0.191. The zero-order valence-electron chi connectivity index (χ0n) is 10.3. The third-order valence-electron chi connectivity index (χ3n) is 2.54. The number of hydrogen-bond donors (Lipinski definition) is 0. The molecule has 8 heteroatoms. The molecule has 2 rings (SSSR count). The molecule has 0 radical (unpaired) electrons. The van der Waals surface area contributed by atoms with E-state index in [1.807, 2.05) is 13.8 Å². The Morgan fingerprint density at radius 2 is 1.68 bits per heavy atom. The van der Waals surface area contributed by atoms with Gasteiger partial charge in [0.05, 0.1) is 21.5 Å². The van der Waals surface area contributed by atoms with Gasteiger partial charge >= 0.3 is 0 Å². The lowest BCUT2D eigenvalue weighted by molar-refractivity contribution is -0.394. The highest BCUT2D eigenvalue weighted by molar-refractivity contribution is 5.96. The van der Waals surface area contributed by atoms with Crippen LogP contribution in [-0.4, -0.2) is 27.9 Å². The fourth-order valence-electron chi connectivity index (χ4n) is 1.66. The van der Waals surface area contributed by atoms with E-state index in [1.54, 1.807) is 0 Å². The number of nitro groups is 2. The average Bonchev–Trinajstić information content (AvgIpc) is 2.69. The highest BCUT2D eigenvalue weighted by Crippen LogP contribution is 2.27. The summed E-state index contributed by atoms with van der Waals surface area (Å²) in [6.07, 6.45) is 0. The molecule has 0 aromatic heterocycles. The van der Waals surface area contributed by atoms with Crippen molar-refractivity contribution in [3.63, 3.8) is 0 Å². The van der Waals surface area contributed by atoms with Crippen LogP contribution in [-0.2, 0) is 4.74 Å². The quantitative estimate of drug-likeness (QED) is 0.613. The first-order valence-electron chi connectivity index (χ1n) is 5.45. The highest BCUT2D eigenvalue weighted by atomic mass is 16.6. The second-order valence-electron chi connectivity index (χ2n) is 4.77. The van der Waals surface area contributed by atoms with Crippen molar-refractivity contribution in [1.29, 1.82) is 0 Å². The van der Waals surface area contributed by atoms with E-state index >= 15 is 0 Å². The molecule has 0 atom stereocenters. The first-order chi connectivity index (χ1) is 8.78. The van der Waals surface area contributed by atoms with Crippen LogP contribution >= 0.6 is 0 Å². The fraction of sp³-hybridized carbons (Fsp3) is 0.364. The maximum atomic E-state index is 10.8. The molecule has 1 aliphatic rings. The molecule has 0 fully saturated rings. The van der Waals surface area contributed by atoms with Crippen molar-refractivity contribution in [3.05, 3.63) is 44.0 Å². The zero-order valence-corrected chi connectivity index (χ0v) is 10.3. The molecule has 8 nitrogen and oxygen atoms in total. The minimum atomic E-state index is -0.683. The highest BCUT2D eigenvalue weighted by Gasteiger charge is 2.29. The lowest BCUT2D eigenvalue weighted by Crippen LogP contribution is -2.17. The van der Waals surface area contributed by atoms with Gasteiger partial charge in [0, 0.05) is 17.7 Å². The third-order valence-corrected chi connectivity index (χ3v) is 2.54. The van der Waals surface area contributed by atoms with Crippen LogP contribution in [0.5, 0.6) is 0 Å². The molecule has 0 aliphatic carbocycles. The number of hydrogen-bond acceptors (Lipinski definition) is 6. The maximum absolute atomic E-state index is 10.8. The van der Waals surface area contributed by atoms with E-state index in [-0.39, 0.29) is 22.8 Å². The van der Waals surface area contributed by atoms with Gasteiger partial charge in [-0.3, -0.25) is 20.2 Å². The number of rotatable bonds is 3. The van der Waals surface area contributed by atoms with Crippen LogP contribution in [0.25, 0.3) is 0 Å². The molecule has 1 aromatic rings. The Hall–Kier alpha value is -2.51. The zero-order chi connectivity index (χ0) is 14.2. The molecule has 0 saturated carbocycles. The largest absolute Gasteiger partial charge is 0.475 e. The second-order valence-corrected chi connectivity index (χ2v) is 4.77. The van der Waals surface area contributed by atoms with Crippen molar-refractivity contribution in [2.24, 2.45) is 4.99 Å². The van der Waals surface area contributed by atoms with Gasteiger partial charge < -0.3 is 4.74 Å². The van der Waals surface area contributed by atoms with Crippen molar-refractivity contribution < 1.29 is 14.6 Å². The smallest absolute Gasteiger partial charge is 0.277 e. The van der Waals surface area contributed by atoms with Crippen LogP contribution in [0.4, 0.5) is 11.4 Å². The van der Waals surface area contributed by atoms with Gasteiger partial charge in [-0.1, -0.05) is 0 Å². The molecule has 0 bridgehead atoms. The van der Waals surface area contributed by atoms with Crippen molar-refractivity contribution >= 4 is 17.3 Å². The van der Waals surface area contributed by atoms with E-state index in [0.717, 1.165) is 6.07 Å². The van der Waals surface area contributed by atoms with E-state index in [0.29, 0.717) is 6.61 Å². The Bertz CT molecular complexity index is 562. The van der Waals surface area contributed by atoms with E-state index in [4.69, 9.17) is 4.74 Å². The summed E-state index contributed by atoms with van der Waals surface area (Å²) >= 11 is 0.